The largest absolute Gasteiger partial charge is 0.326 e. The number of nitrogens with zero attached hydrogens (tertiary/aromatic N) is 2. The Labute approximate surface area is 161 Å². The standard InChI is InChI=1S/C21H19N3O2S/c1-13(25)14-4-7-17(8-5-14)23-20(26)15-6-9-18-19(11-15)27-21(24-18)16-3-2-10-22-12-16/h2-5,7-8,10,12,15H,6,9,11H2,1H3,(H,23,26). The van der Waals surface area contributed by atoms with E-state index in [9.17, 15) is 9.59 Å². The molecule has 1 atom stereocenters. The minimum Gasteiger partial charge on any atom is -0.326 e. The van der Waals surface area contributed by atoms with Crippen LogP contribution in [0.4, 0.5) is 5.69 Å². The van der Waals surface area contributed by atoms with Gasteiger partial charge in [-0.1, -0.05) is 0 Å². The molecule has 2 aromatic heterocycles. The molecule has 0 spiro atoms. The van der Waals surface area contributed by atoms with Crippen LogP contribution in [0.2, 0.25) is 0 Å². The number of rotatable bonds is 4. The highest BCUT2D eigenvalue weighted by Crippen LogP contribution is 2.34. The molecule has 0 saturated carbocycles. The number of aromatic nitrogens is 2. The Morgan fingerprint density at radius 1 is 1.19 bits per heavy atom. The lowest BCUT2D eigenvalue weighted by Gasteiger charge is -2.20. The fourth-order valence-electron chi connectivity index (χ4n) is 3.24. The number of hydrogen-bond acceptors (Lipinski definition) is 5. The fraction of sp³-hybridized carbons (Fsp3) is 0.238. The SMILES string of the molecule is CC(=O)c1ccc(NC(=O)C2CCc3nc(-c4cccnc4)sc3C2)cc1. The molecule has 3 aromatic rings. The number of carbonyl (C=O) groups excluding carboxylic acids is 2. The maximum absolute atomic E-state index is 12.7. The first-order valence-electron chi connectivity index (χ1n) is 8.91. The van der Waals surface area contributed by atoms with Crippen molar-refractivity contribution in [2.24, 2.45) is 5.92 Å². The van der Waals surface area contributed by atoms with Crippen LogP contribution < -0.4 is 5.32 Å². The Hall–Kier alpha value is -2.86. The number of thiazole rings is 1. The third-order valence-electron chi connectivity index (χ3n) is 4.78. The quantitative estimate of drug-likeness (QED) is 0.693. The van der Waals surface area contributed by atoms with Gasteiger partial charge >= 0.3 is 0 Å². The van der Waals surface area contributed by atoms with Gasteiger partial charge in [0.25, 0.3) is 0 Å². The molecule has 27 heavy (non-hydrogen) atoms. The van der Waals surface area contributed by atoms with Gasteiger partial charge in [-0.15, -0.1) is 11.3 Å². The second-order valence-corrected chi connectivity index (χ2v) is 7.78. The van der Waals surface area contributed by atoms with Crippen LogP contribution >= 0.6 is 11.3 Å². The van der Waals surface area contributed by atoms with E-state index in [2.05, 4.69) is 10.3 Å². The highest BCUT2D eigenvalue weighted by atomic mass is 32.1. The first-order valence-corrected chi connectivity index (χ1v) is 9.72. The highest BCUT2D eigenvalue weighted by Gasteiger charge is 2.27. The van der Waals surface area contributed by atoms with E-state index in [1.807, 2.05) is 18.3 Å². The topological polar surface area (TPSA) is 72.0 Å². The van der Waals surface area contributed by atoms with Crippen molar-refractivity contribution in [1.82, 2.24) is 9.97 Å². The predicted octanol–water partition coefficient (Wildman–Crippen LogP) is 4.15. The number of benzene rings is 1. The van der Waals surface area contributed by atoms with Crippen molar-refractivity contribution in [3.05, 3.63) is 64.9 Å². The summed E-state index contributed by atoms with van der Waals surface area (Å²) in [6.45, 7) is 1.53. The summed E-state index contributed by atoms with van der Waals surface area (Å²) < 4.78 is 0. The molecule has 0 aliphatic heterocycles. The summed E-state index contributed by atoms with van der Waals surface area (Å²) in [5.41, 5.74) is 3.48. The van der Waals surface area contributed by atoms with Gasteiger partial charge in [-0.25, -0.2) is 4.98 Å². The third-order valence-corrected chi connectivity index (χ3v) is 5.95. The summed E-state index contributed by atoms with van der Waals surface area (Å²) in [5.74, 6) is -0.0259. The normalized spacial score (nSPS) is 15.8. The van der Waals surface area contributed by atoms with Crippen molar-refractivity contribution in [2.45, 2.75) is 26.2 Å². The predicted molar refractivity (Wildman–Crippen MR) is 106 cm³/mol. The molecule has 0 radical (unpaired) electrons. The van der Waals surface area contributed by atoms with Gasteiger partial charge in [0.1, 0.15) is 5.01 Å². The molecule has 1 aliphatic rings. The number of amides is 1. The molecule has 1 aromatic carbocycles. The molecular formula is C21H19N3O2S. The number of ketones is 1. The monoisotopic (exact) mass is 377 g/mol. The summed E-state index contributed by atoms with van der Waals surface area (Å²) in [6, 6.07) is 10.9. The van der Waals surface area contributed by atoms with E-state index in [1.54, 1.807) is 41.8 Å². The van der Waals surface area contributed by atoms with Crippen molar-refractivity contribution in [3.8, 4) is 10.6 Å². The van der Waals surface area contributed by atoms with Crippen LogP contribution in [0.5, 0.6) is 0 Å². The molecule has 0 fully saturated rings. The van der Waals surface area contributed by atoms with Crippen molar-refractivity contribution in [2.75, 3.05) is 5.32 Å². The first-order chi connectivity index (χ1) is 13.1. The molecule has 1 amide bonds. The van der Waals surface area contributed by atoms with E-state index in [0.29, 0.717) is 12.0 Å². The molecule has 1 aliphatic carbocycles. The summed E-state index contributed by atoms with van der Waals surface area (Å²) in [5, 5.41) is 3.94. The van der Waals surface area contributed by atoms with Gasteiger partial charge < -0.3 is 5.32 Å². The minimum absolute atomic E-state index is 0.0160. The molecule has 2 heterocycles. The van der Waals surface area contributed by atoms with Crippen LogP contribution in [-0.4, -0.2) is 21.7 Å². The molecule has 1 N–H and O–H groups in total. The Bertz CT molecular complexity index is 980. The maximum atomic E-state index is 12.7. The number of Topliss-reactive ketones (excluding diaryl/α,β-unsaturated/α-hetero) is 1. The Kier molecular flexibility index (Phi) is 4.81. The van der Waals surface area contributed by atoms with Crippen LogP contribution in [0.25, 0.3) is 10.6 Å². The second-order valence-electron chi connectivity index (χ2n) is 6.69. The van der Waals surface area contributed by atoms with Crippen molar-refractivity contribution in [1.29, 1.82) is 0 Å². The Morgan fingerprint density at radius 2 is 2.00 bits per heavy atom. The number of aryl methyl sites for hydroxylation is 1. The average Bonchev–Trinajstić information content (AvgIpc) is 3.12. The molecule has 6 heteroatoms. The van der Waals surface area contributed by atoms with Gasteiger partial charge in [0.2, 0.25) is 5.91 Å². The minimum atomic E-state index is -0.0628. The van der Waals surface area contributed by atoms with Gasteiger partial charge in [0.15, 0.2) is 5.78 Å². The van der Waals surface area contributed by atoms with Gasteiger partial charge in [-0.3, -0.25) is 14.6 Å². The van der Waals surface area contributed by atoms with E-state index < -0.39 is 0 Å². The van der Waals surface area contributed by atoms with Gasteiger partial charge in [0.05, 0.1) is 5.69 Å². The zero-order valence-electron chi connectivity index (χ0n) is 14.9. The number of hydrogen-bond donors (Lipinski definition) is 1. The summed E-state index contributed by atoms with van der Waals surface area (Å²) in [4.78, 5) is 34.1. The Morgan fingerprint density at radius 3 is 2.70 bits per heavy atom. The first kappa shape index (κ1) is 17.5. The molecule has 1 unspecified atom stereocenters. The highest BCUT2D eigenvalue weighted by molar-refractivity contribution is 7.15. The molecule has 0 saturated heterocycles. The number of nitrogens with one attached hydrogen (secondary N) is 1. The lowest BCUT2D eigenvalue weighted by atomic mass is 9.90. The lowest BCUT2D eigenvalue weighted by Crippen LogP contribution is -2.27. The van der Waals surface area contributed by atoms with Crippen molar-refractivity contribution in [3.63, 3.8) is 0 Å². The summed E-state index contributed by atoms with van der Waals surface area (Å²) in [7, 11) is 0. The van der Waals surface area contributed by atoms with Crippen LogP contribution in [0.15, 0.2) is 48.8 Å². The van der Waals surface area contributed by atoms with E-state index in [1.165, 1.54) is 11.8 Å². The average molecular weight is 377 g/mol. The molecule has 5 nitrogen and oxygen atoms in total. The van der Waals surface area contributed by atoms with Crippen LogP contribution in [0, 0.1) is 5.92 Å². The second kappa shape index (κ2) is 7.40. The van der Waals surface area contributed by atoms with Crippen LogP contribution in [0.3, 0.4) is 0 Å². The van der Waals surface area contributed by atoms with E-state index >= 15 is 0 Å². The van der Waals surface area contributed by atoms with Crippen LogP contribution in [0.1, 0.15) is 34.3 Å². The zero-order valence-corrected chi connectivity index (χ0v) is 15.8. The van der Waals surface area contributed by atoms with Crippen molar-refractivity contribution < 1.29 is 9.59 Å². The van der Waals surface area contributed by atoms with Gasteiger partial charge in [-0.05, 0) is 62.6 Å². The molecule has 4 rings (SSSR count). The lowest BCUT2D eigenvalue weighted by molar-refractivity contribution is -0.120. The fourth-order valence-corrected chi connectivity index (χ4v) is 4.42. The molecule has 0 bridgehead atoms. The Balaban J connectivity index is 1.45. The summed E-state index contributed by atoms with van der Waals surface area (Å²) >= 11 is 1.65. The third kappa shape index (κ3) is 3.80. The number of anilines is 1. The zero-order chi connectivity index (χ0) is 18.8. The maximum Gasteiger partial charge on any atom is 0.227 e. The smallest absolute Gasteiger partial charge is 0.227 e. The van der Waals surface area contributed by atoms with Crippen molar-refractivity contribution >= 4 is 28.7 Å². The summed E-state index contributed by atoms with van der Waals surface area (Å²) in [6.07, 6.45) is 5.89. The number of carbonyl (C=O) groups is 2. The van der Waals surface area contributed by atoms with E-state index in [4.69, 9.17) is 4.98 Å². The van der Waals surface area contributed by atoms with E-state index in [0.717, 1.165) is 34.8 Å². The number of fused-ring (bicyclic) bond motifs is 1. The van der Waals surface area contributed by atoms with Gasteiger partial charge in [0, 0.05) is 40.0 Å². The van der Waals surface area contributed by atoms with Gasteiger partial charge in [-0.2, -0.15) is 0 Å². The number of pyridine rings is 1. The van der Waals surface area contributed by atoms with Crippen LogP contribution in [-0.2, 0) is 17.6 Å². The molecule has 136 valence electrons. The van der Waals surface area contributed by atoms with E-state index in [-0.39, 0.29) is 17.6 Å². The molecular weight excluding hydrogens is 358 g/mol.